The van der Waals surface area contributed by atoms with E-state index in [2.05, 4.69) is 116 Å². The number of H-pyrrole nitrogens is 2. The molecule has 3 N–H and O–H groups in total. The van der Waals surface area contributed by atoms with Gasteiger partial charge in [0.05, 0.1) is 11.2 Å². The first-order chi connectivity index (χ1) is 18.8. The highest BCUT2D eigenvalue weighted by Gasteiger charge is 2.15. The minimum atomic E-state index is 0.331. The molecule has 0 saturated heterocycles. The van der Waals surface area contributed by atoms with Crippen LogP contribution in [0.4, 0.5) is 0 Å². The molecule has 0 spiro atoms. The number of nitrogens with one attached hydrogen (secondary N) is 3. The quantitative estimate of drug-likeness (QED) is 0.166. The zero-order chi connectivity index (χ0) is 27.7. The van der Waals surface area contributed by atoms with Crippen LogP contribution in [0.1, 0.15) is 38.1 Å². The molecule has 2 aromatic carbocycles. The number of fused-ring (bicyclic) bond motifs is 2. The third-order valence-corrected chi connectivity index (χ3v) is 8.23. The Hall–Kier alpha value is -4.35. The summed E-state index contributed by atoms with van der Waals surface area (Å²) in [5.41, 5.74) is 10.3. The SMILES string of the molecule is C=C/C(=C\C(=C/C)c1ccc2[nH]nc(-c3cc4c(-c5ccc(C(=C)C)s5)cccc4[nH]3)c2c1)NC(=C)C(C)C. The van der Waals surface area contributed by atoms with Gasteiger partial charge in [0.1, 0.15) is 5.69 Å². The molecule has 0 bridgehead atoms. The number of aromatic nitrogens is 3. The maximum Gasteiger partial charge on any atom is 0.116 e. The lowest BCUT2D eigenvalue weighted by molar-refractivity contribution is 0.710. The van der Waals surface area contributed by atoms with Gasteiger partial charge in [-0.3, -0.25) is 5.10 Å². The van der Waals surface area contributed by atoms with Gasteiger partial charge in [0.15, 0.2) is 0 Å². The van der Waals surface area contributed by atoms with Crippen LogP contribution < -0.4 is 5.32 Å². The van der Waals surface area contributed by atoms with E-state index >= 15 is 0 Å². The summed E-state index contributed by atoms with van der Waals surface area (Å²) >= 11 is 1.77. The van der Waals surface area contributed by atoms with Crippen LogP contribution in [-0.2, 0) is 0 Å². The molecule has 0 unspecified atom stereocenters. The molecule has 5 heteroatoms. The molecule has 5 rings (SSSR count). The Balaban J connectivity index is 1.55. The van der Waals surface area contributed by atoms with Gasteiger partial charge in [0, 0.05) is 43.0 Å². The fraction of sp³-hybridized carbons (Fsp3) is 0.147. The van der Waals surface area contributed by atoms with Crippen molar-refractivity contribution in [3.8, 4) is 21.8 Å². The molecule has 4 nitrogen and oxygen atoms in total. The molecule has 5 aromatic rings. The third-order valence-electron chi connectivity index (χ3n) is 6.95. The molecule has 0 saturated carbocycles. The van der Waals surface area contributed by atoms with Crippen LogP contribution in [0.25, 0.3) is 54.8 Å². The lowest BCUT2D eigenvalue weighted by atomic mass is 10.0. The number of hydrogen-bond donors (Lipinski definition) is 3. The number of aromatic amines is 2. The Morgan fingerprint density at radius 3 is 2.54 bits per heavy atom. The van der Waals surface area contributed by atoms with Crippen molar-refractivity contribution in [1.82, 2.24) is 20.5 Å². The van der Waals surface area contributed by atoms with Gasteiger partial charge >= 0.3 is 0 Å². The summed E-state index contributed by atoms with van der Waals surface area (Å²) in [6.07, 6.45) is 6.05. The maximum atomic E-state index is 4.71. The molecule has 0 fully saturated rings. The van der Waals surface area contributed by atoms with Crippen LogP contribution in [0.5, 0.6) is 0 Å². The smallest absolute Gasteiger partial charge is 0.116 e. The minimum absolute atomic E-state index is 0.331. The molecule has 3 heterocycles. The van der Waals surface area contributed by atoms with Crippen LogP contribution in [-0.4, -0.2) is 15.2 Å². The van der Waals surface area contributed by atoms with Crippen molar-refractivity contribution in [3.63, 3.8) is 0 Å². The number of nitrogens with zero attached hydrogens (tertiary/aromatic N) is 1. The zero-order valence-corrected chi connectivity index (χ0v) is 23.8. The molecule has 3 aromatic heterocycles. The fourth-order valence-electron chi connectivity index (χ4n) is 4.59. The van der Waals surface area contributed by atoms with E-state index in [4.69, 9.17) is 5.10 Å². The van der Waals surface area contributed by atoms with E-state index in [1.165, 1.54) is 20.7 Å². The first kappa shape index (κ1) is 26.3. The Morgan fingerprint density at radius 1 is 1.03 bits per heavy atom. The van der Waals surface area contributed by atoms with Crippen molar-refractivity contribution in [2.24, 2.45) is 5.92 Å². The lowest BCUT2D eigenvalue weighted by Crippen LogP contribution is -2.14. The van der Waals surface area contributed by atoms with E-state index in [1.54, 1.807) is 11.3 Å². The van der Waals surface area contributed by atoms with Gasteiger partial charge in [-0.25, -0.2) is 0 Å². The van der Waals surface area contributed by atoms with Crippen LogP contribution >= 0.6 is 11.3 Å². The second-order valence-corrected chi connectivity index (χ2v) is 11.2. The van der Waals surface area contributed by atoms with Crippen molar-refractivity contribution in [2.45, 2.75) is 27.7 Å². The summed E-state index contributed by atoms with van der Waals surface area (Å²) in [6.45, 7) is 20.6. The van der Waals surface area contributed by atoms with E-state index in [0.29, 0.717) is 5.92 Å². The first-order valence-corrected chi connectivity index (χ1v) is 13.9. The third kappa shape index (κ3) is 5.18. The van der Waals surface area contributed by atoms with Gasteiger partial charge in [-0.15, -0.1) is 11.3 Å². The van der Waals surface area contributed by atoms with E-state index in [1.807, 2.05) is 19.9 Å². The number of thiophene rings is 1. The van der Waals surface area contributed by atoms with Crippen molar-refractivity contribution in [2.75, 3.05) is 0 Å². The lowest BCUT2D eigenvalue weighted by Gasteiger charge is -2.14. The van der Waals surface area contributed by atoms with Gasteiger partial charge in [-0.05, 0) is 85.0 Å². The highest BCUT2D eigenvalue weighted by Crippen LogP contribution is 2.38. The molecular formula is C34H34N4S. The van der Waals surface area contributed by atoms with Crippen molar-refractivity contribution < 1.29 is 0 Å². The van der Waals surface area contributed by atoms with Crippen LogP contribution in [0.2, 0.25) is 0 Å². The molecule has 0 atom stereocenters. The Morgan fingerprint density at radius 2 is 1.85 bits per heavy atom. The van der Waals surface area contributed by atoms with Gasteiger partial charge < -0.3 is 10.3 Å². The molecule has 0 radical (unpaired) electrons. The molecule has 0 aliphatic carbocycles. The first-order valence-electron chi connectivity index (χ1n) is 13.1. The van der Waals surface area contributed by atoms with Crippen LogP contribution in [0.15, 0.2) is 104 Å². The molecule has 39 heavy (non-hydrogen) atoms. The predicted molar refractivity (Wildman–Crippen MR) is 170 cm³/mol. The second-order valence-electron chi connectivity index (χ2n) is 10.1. The van der Waals surface area contributed by atoms with Gasteiger partial charge in [-0.2, -0.15) is 5.10 Å². The standard InChI is InChI=1S/C34H34N4S/c1-8-23(17-25(9-2)35-22(7)20(3)4)24-13-14-30-28(18-24)34(38-37-30)31-19-27-26(11-10-12-29(27)36-31)33-16-15-32(39-33)21(5)6/h8-20,35-36H,2,5,7H2,1,3-4,6H3,(H,37,38)/b23-8+,25-17+. The van der Waals surface area contributed by atoms with E-state index in [-0.39, 0.29) is 0 Å². The monoisotopic (exact) mass is 530 g/mol. The maximum absolute atomic E-state index is 4.71. The number of rotatable bonds is 9. The van der Waals surface area contributed by atoms with Gasteiger partial charge in [0.25, 0.3) is 0 Å². The highest BCUT2D eigenvalue weighted by molar-refractivity contribution is 7.16. The number of allylic oxidation sites excluding steroid dienone is 6. The van der Waals surface area contributed by atoms with Crippen LogP contribution in [0, 0.1) is 5.92 Å². The summed E-state index contributed by atoms with van der Waals surface area (Å²) in [5, 5.41) is 13.6. The average Bonchev–Trinajstić information content (AvgIpc) is 3.68. The predicted octanol–water partition coefficient (Wildman–Crippen LogP) is 9.71. The molecule has 0 aliphatic rings. The zero-order valence-electron chi connectivity index (χ0n) is 23.0. The number of hydrogen-bond acceptors (Lipinski definition) is 3. The molecular weight excluding hydrogens is 496 g/mol. The summed E-state index contributed by atoms with van der Waals surface area (Å²) in [6, 6.07) is 19.3. The van der Waals surface area contributed by atoms with Gasteiger partial charge in [0.2, 0.25) is 0 Å². The summed E-state index contributed by atoms with van der Waals surface area (Å²) in [5.74, 6) is 0.331. The topological polar surface area (TPSA) is 56.5 Å². The summed E-state index contributed by atoms with van der Waals surface area (Å²) in [4.78, 5) is 6.05. The summed E-state index contributed by atoms with van der Waals surface area (Å²) < 4.78 is 0. The minimum Gasteiger partial charge on any atom is -0.359 e. The van der Waals surface area contributed by atoms with E-state index in [0.717, 1.165) is 55.9 Å². The van der Waals surface area contributed by atoms with Crippen molar-refractivity contribution in [3.05, 3.63) is 114 Å². The second kappa shape index (κ2) is 10.8. The normalized spacial score (nSPS) is 12.4. The Kier molecular flexibility index (Phi) is 7.27. The largest absolute Gasteiger partial charge is 0.359 e. The average molecular weight is 531 g/mol. The van der Waals surface area contributed by atoms with Crippen molar-refractivity contribution in [1.29, 1.82) is 0 Å². The summed E-state index contributed by atoms with van der Waals surface area (Å²) in [7, 11) is 0. The highest BCUT2D eigenvalue weighted by atomic mass is 32.1. The Labute approximate surface area is 234 Å². The molecule has 0 amide bonds. The van der Waals surface area contributed by atoms with Gasteiger partial charge in [-0.1, -0.05) is 57.9 Å². The van der Waals surface area contributed by atoms with E-state index < -0.39 is 0 Å². The molecule has 0 aliphatic heterocycles. The molecule has 196 valence electrons. The number of benzene rings is 2. The Bertz CT molecular complexity index is 1780. The van der Waals surface area contributed by atoms with Crippen molar-refractivity contribution >= 4 is 44.3 Å². The van der Waals surface area contributed by atoms with E-state index in [9.17, 15) is 0 Å². The van der Waals surface area contributed by atoms with Crippen LogP contribution in [0.3, 0.4) is 0 Å². The fourth-order valence-corrected chi connectivity index (χ4v) is 5.56.